The van der Waals surface area contributed by atoms with E-state index in [1.807, 2.05) is 19.9 Å². The second kappa shape index (κ2) is 12.2. The topological polar surface area (TPSA) is 43.4 Å². The molecule has 3 atom stereocenters. The predicted octanol–water partition coefficient (Wildman–Crippen LogP) is 7.35. The Morgan fingerprint density at radius 3 is 2.44 bits per heavy atom. The summed E-state index contributed by atoms with van der Waals surface area (Å²) in [6.07, 6.45) is 7.96. The number of Topliss-reactive ketones (excluding diaryl/α,β-unsaturated/α-hetero) is 1. The minimum Gasteiger partial charge on any atom is -0.462 e. The summed E-state index contributed by atoms with van der Waals surface area (Å²) in [7, 11) is 0. The number of hydrogen-bond donors (Lipinski definition) is 0. The fourth-order valence-corrected chi connectivity index (χ4v) is 4.83. The first kappa shape index (κ1) is 26.1. The number of allylic oxidation sites excluding steroid dienone is 3. The fourth-order valence-electron chi connectivity index (χ4n) is 4.83. The van der Waals surface area contributed by atoms with E-state index in [0.29, 0.717) is 18.8 Å². The maximum absolute atomic E-state index is 12.7. The molecule has 3 heteroatoms. The second-order valence-corrected chi connectivity index (χ2v) is 10.4. The minimum atomic E-state index is -0.369. The lowest BCUT2D eigenvalue weighted by Gasteiger charge is -2.44. The summed E-state index contributed by atoms with van der Waals surface area (Å²) >= 11 is 0. The molecule has 1 saturated carbocycles. The number of rotatable bonds is 11. The van der Waals surface area contributed by atoms with Crippen LogP contribution in [0.3, 0.4) is 0 Å². The molecule has 1 aromatic carbocycles. The number of benzene rings is 1. The molecule has 32 heavy (non-hydrogen) atoms. The Hall–Kier alpha value is -2.16. The van der Waals surface area contributed by atoms with Gasteiger partial charge >= 0.3 is 5.97 Å². The van der Waals surface area contributed by atoms with Gasteiger partial charge in [-0.3, -0.25) is 9.59 Å². The van der Waals surface area contributed by atoms with Gasteiger partial charge in [0.15, 0.2) is 0 Å². The zero-order chi connectivity index (χ0) is 23.7. The smallest absolute Gasteiger partial charge is 0.313 e. The summed E-state index contributed by atoms with van der Waals surface area (Å²) < 4.78 is 5.97. The van der Waals surface area contributed by atoms with E-state index in [0.717, 1.165) is 32.1 Å². The van der Waals surface area contributed by atoms with Crippen LogP contribution in [0.1, 0.15) is 91.5 Å². The van der Waals surface area contributed by atoms with E-state index in [9.17, 15) is 9.59 Å². The maximum Gasteiger partial charge on any atom is 0.313 e. The maximum atomic E-state index is 12.7. The number of hydrogen-bond acceptors (Lipinski definition) is 3. The molecule has 1 fully saturated rings. The molecule has 0 radical (unpaired) electrons. The van der Waals surface area contributed by atoms with Crippen molar-refractivity contribution >= 4 is 11.8 Å². The van der Waals surface area contributed by atoms with E-state index in [-0.39, 0.29) is 35.6 Å². The van der Waals surface area contributed by atoms with Gasteiger partial charge in [0.05, 0.1) is 0 Å². The minimum absolute atomic E-state index is 0.0367. The highest BCUT2D eigenvalue weighted by Gasteiger charge is 2.42. The van der Waals surface area contributed by atoms with Crippen LogP contribution in [-0.4, -0.2) is 17.9 Å². The fraction of sp³-hybridized carbons (Fsp3) is 0.586. The van der Waals surface area contributed by atoms with Gasteiger partial charge in [-0.25, -0.2) is 0 Å². The van der Waals surface area contributed by atoms with Crippen molar-refractivity contribution in [1.82, 2.24) is 0 Å². The molecule has 0 saturated heterocycles. The van der Waals surface area contributed by atoms with Crippen molar-refractivity contribution in [1.29, 1.82) is 0 Å². The molecule has 1 aliphatic carbocycles. The molecule has 0 bridgehead atoms. The van der Waals surface area contributed by atoms with Crippen LogP contribution in [0.25, 0.3) is 0 Å². The Labute approximate surface area is 195 Å². The summed E-state index contributed by atoms with van der Waals surface area (Å²) in [5, 5.41) is 0. The lowest BCUT2D eigenvalue weighted by molar-refractivity contribution is -0.157. The zero-order valence-electron chi connectivity index (χ0n) is 20.8. The molecule has 2 rings (SSSR count). The summed E-state index contributed by atoms with van der Waals surface area (Å²) in [6, 6.07) is 10.5. The summed E-state index contributed by atoms with van der Waals surface area (Å²) in [5.74, 6) is 0.370. The first-order valence-electron chi connectivity index (χ1n) is 12.2. The van der Waals surface area contributed by atoms with Crippen molar-refractivity contribution in [2.24, 2.45) is 11.8 Å². The highest BCUT2D eigenvalue weighted by molar-refractivity contribution is 5.95. The average Bonchev–Trinajstić information content (AvgIpc) is 2.72. The molecule has 0 heterocycles. The number of esters is 1. The van der Waals surface area contributed by atoms with Gasteiger partial charge in [0.25, 0.3) is 0 Å². The third kappa shape index (κ3) is 8.07. The van der Waals surface area contributed by atoms with Crippen molar-refractivity contribution < 1.29 is 14.3 Å². The third-order valence-electron chi connectivity index (χ3n) is 6.99. The van der Waals surface area contributed by atoms with Crippen LogP contribution in [0.15, 0.2) is 54.1 Å². The predicted molar refractivity (Wildman–Crippen MR) is 133 cm³/mol. The molecular weight excluding hydrogens is 396 g/mol. The Bertz CT molecular complexity index is 803. The van der Waals surface area contributed by atoms with E-state index in [2.05, 4.69) is 57.7 Å². The Morgan fingerprint density at radius 2 is 1.78 bits per heavy atom. The standard InChI is InChI=1S/C29H42O3/c1-21(2)11-10-12-22(3)15-17-25(30)20-28(31)32-27-19-23(4)16-18-26(27)29(5,6)24-13-8-7-9-14-24/h7-9,12-14,23,26-27H,1,10-11,15-20H2,2-6H3/b22-12-/t23-,26-,27-/m1/s1. The van der Waals surface area contributed by atoms with Gasteiger partial charge in [-0.05, 0) is 62.8 Å². The van der Waals surface area contributed by atoms with Crippen LogP contribution in [-0.2, 0) is 19.7 Å². The number of ketones is 1. The number of carbonyl (C=O) groups is 2. The van der Waals surface area contributed by atoms with Crippen LogP contribution < -0.4 is 0 Å². The summed E-state index contributed by atoms with van der Waals surface area (Å²) in [5.41, 5.74) is 3.53. The lowest BCUT2D eigenvalue weighted by Crippen LogP contribution is -2.43. The SMILES string of the molecule is C=C(C)CC/C=C(/C)CCC(=O)CC(=O)O[C@@H]1C[C@H](C)CC[C@H]1C(C)(C)c1ccccc1. The molecule has 0 unspecified atom stereocenters. The quantitative estimate of drug-likeness (QED) is 0.206. The molecular formula is C29H42O3. The lowest BCUT2D eigenvalue weighted by atomic mass is 9.64. The van der Waals surface area contributed by atoms with E-state index in [4.69, 9.17) is 4.74 Å². The molecule has 0 N–H and O–H groups in total. The van der Waals surface area contributed by atoms with Gasteiger partial charge < -0.3 is 4.74 Å². The monoisotopic (exact) mass is 438 g/mol. The van der Waals surface area contributed by atoms with Crippen LogP contribution in [0.2, 0.25) is 0 Å². The Kier molecular flexibility index (Phi) is 9.93. The second-order valence-electron chi connectivity index (χ2n) is 10.4. The van der Waals surface area contributed by atoms with E-state index in [1.165, 1.54) is 16.7 Å². The summed E-state index contributed by atoms with van der Waals surface area (Å²) in [4.78, 5) is 25.1. The molecule has 1 aliphatic rings. The normalized spacial score (nSPS) is 21.8. The number of carbonyl (C=O) groups excluding carboxylic acids is 2. The van der Waals surface area contributed by atoms with E-state index < -0.39 is 0 Å². The van der Waals surface area contributed by atoms with Gasteiger partial charge in [-0.1, -0.05) is 74.7 Å². The first-order valence-corrected chi connectivity index (χ1v) is 12.2. The van der Waals surface area contributed by atoms with Gasteiger partial charge in [0, 0.05) is 12.3 Å². The van der Waals surface area contributed by atoms with Gasteiger partial charge in [-0.2, -0.15) is 0 Å². The van der Waals surface area contributed by atoms with Crippen molar-refractivity contribution in [2.75, 3.05) is 0 Å². The van der Waals surface area contributed by atoms with Crippen molar-refractivity contribution in [2.45, 2.75) is 97.5 Å². The van der Waals surface area contributed by atoms with Crippen molar-refractivity contribution in [3.63, 3.8) is 0 Å². The highest BCUT2D eigenvalue weighted by Crippen LogP contribution is 2.43. The third-order valence-corrected chi connectivity index (χ3v) is 6.99. The molecule has 0 aliphatic heterocycles. The first-order chi connectivity index (χ1) is 15.1. The molecule has 3 nitrogen and oxygen atoms in total. The zero-order valence-corrected chi connectivity index (χ0v) is 20.8. The molecule has 1 aromatic rings. The van der Waals surface area contributed by atoms with Crippen LogP contribution in [0, 0.1) is 11.8 Å². The van der Waals surface area contributed by atoms with Crippen LogP contribution >= 0.6 is 0 Å². The number of ether oxygens (including phenoxy) is 1. The molecule has 0 amide bonds. The van der Waals surface area contributed by atoms with Crippen LogP contribution in [0.4, 0.5) is 0 Å². The molecule has 0 aromatic heterocycles. The Balaban J connectivity index is 1.92. The summed E-state index contributed by atoms with van der Waals surface area (Å²) in [6.45, 7) is 14.7. The average molecular weight is 439 g/mol. The van der Waals surface area contributed by atoms with Crippen molar-refractivity contribution in [3.05, 3.63) is 59.7 Å². The van der Waals surface area contributed by atoms with E-state index >= 15 is 0 Å². The Morgan fingerprint density at radius 1 is 1.09 bits per heavy atom. The molecule has 176 valence electrons. The molecule has 0 spiro atoms. The van der Waals surface area contributed by atoms with Crippen molar-refractivity contribution in [3.8, 4) is 0 Å². The largest absolute Gasteiger partial charge is 0.462 e. The van der Waals surface area contributed by atoms with Gasteiger partial charge in [0.2, 0.25) is 0 Å². The van der Waals surface area contributed by atoms with Crippen LogP contribution in [0.5, 0.6) is 0 Å². The van der Waals surface area contributed by atoms with E-state index in [1.54, 1.807) is 0 Å². The van der Waals surface area contributed by atoms with Gasteiger partial charge in [-0.15, -0.1) is 6.58 Å². The van der Waals surface area contributed by atoms with Gasteiger partial charge in [0.1, 0.15) is 18.3 Å². The highest BCUT2D eigenvalue weighted by atomic mass is 16.5.